The highest BCUT2D eigenvalue weighted by Crippen LogP contribution is 2.36. The zero-order chi connectivity index (χ0) is 50.4. The van der Waals surface area contributed by atoms with Gasteiger partial charge in [0.1, 0.15) is 17.8 Å². The Morgan fingerprint density at radius 1 is 1.01 bits per heavy atom. The average Bonchev–Trinajstić information content (AvgIpc) is 4.12. The van der Waals surface area contributed by atoms with Crippen molar-refractivity contribution in [2.24, 2.45) is 5.41 Å². The maximum Gasteiger partial charge on any atom is 0.246 e. The fourth-order valence-corrected chi connectivity index (χ4v) is 10.5. The van der Waals surface area contributed by atoms with E-state index in [2.05, 4.69) is 35.8 Å². The molecule has 71 heavy (non-hydrogen) atoms. The first-order valence-corrected chi connectivity index (χ1v) is 25.4. The van der Waals surface area contributed by atoms with Crippen LogP contribution < -0.4 is 25.6 Å². The molecule has 0 bridgehead atoms. The van der Waals surface area contributed by atoms with Gasteiger partial charge in [0.2, 0.25) is 29.6 Å². The van der Waals surface area contributed by atoms with Gasteiger partial charge in [-0.1, -0.05) is 74.8 Å². The molecule has 0 saturated carbocycles. The van der Waals surface area contributed by atoms with Crippen molar-refractivity contribution < 1.29 is 29.0 Å². The third-order valence-electron chi connectivity index (χ3n) is 13.5. The topological polar surface area (TPSA) is 198 Å². The van der Waals surface area contributed by atoms with Crippen LogP contribution in [0.1, 0.15) is 77.0 Å². The van der Waals surface area contributed by atoms with Gasteiger partial charge < -0.3 is 45.5 Å². The van der Waals surface area contributed by atoms with Gasteiger partial charge in [-0.25, -0.2) is 15.0 Å². The van der Waals surface area contributed by atoms with Crippen molar-refractivity contribution >= 4 is 74.8 Å². The molecule has 0 aliphatic carbocycles. The molecule has 3 aromatic heterocycles. The average molecular weight is 1000 g/mol. The lowest BCUT2D eigenvalue weighted by molar-refractivity contribution is -0.144. The first-order chi connectivity index (χ1) is 34.1. The lowest BCUT2D eigenvalue weighted by Crippen LogP contribution is -2.57. The normalized spacial score (nSPS) is 16.7. The summed E-state index contributed by atoms with van der Waals surface area (Å²) in [6, 6.07) is 20.1. The third kappa shape index (κ3) is 12.0. The van der Waals surface area contributed by atoms with Crippen LogP contribution in [0.3, 0.4) is 0 Å². The molecular weight excluding hydrogens is 940 g/mol. The van der Waals surface area contributed by atoms with Gasteiger partial charge in [-0.3, -0.25) is 19.2 Å². The monoisotopic (exact) mass is 1000 g/mol. The molecule has 0 radical (unpaired) electrons. The van der Waals surface area contributed by atoms with E-state index >= 15 is 0 Å². The van der Waals surface area contributed by atoms with Gasteiger partial charge in [-0.05, 0) is 67.3 Å². The number of methoxy groups -OCH3 is 1. The van der Waals surface area contributed by atoms with Gasteiger partial charge in [0.25, 0.3) is 0 Å². The van der Waals surface area contributed by atoms with Crippen molar-refractivity contribution in [2.45, 2.75) is 103 Å². The zero-order valence-electron chi connectivity index (χ0n) is 41.1. The lowest BCUT2D eigenvalue weighted by Gasteiger charge is -2.38. The van der Waals surface area contributed by atoms with E-state index in [9.17, 15) is 24.3 Å². The van der Waals surface area contributed by atoms with Gasteiger partial charge >= 0.3 is 0 Å². The standard InChI is InChI=1S/C53H63ClN10O6S/c1-32-48(71-31-58-32)34-17-15-33(16-18-34)27-56-50(68)43-26-37(65)30-64(43)51(69)49(53(2,3)4)60-45(66)13-9-10-14-46(67)62(5)35-21-23-63(24-22-35)36-19-20-42(44(25-36)70-6)59-52-57-29-40(54)47(61-52)39-28-55-41-12-8-7-11-38(39)41/h7-8,11-12,15-20,25,28-29,31,35,37,43,49,55,65H,9-10,13-14,21-24,26-27,30H2,1-6H3,(H,56,68)(H,60,66)(H,57,59,61)/t37-,43+,49?/m1/s1. The number of unbranched alkanes of at least 4 members (excludes halogenated alkanes) is 1. The molecule has 2 aliphatic rings. The molecule has 2 fully saturated rings. The van der Waals surface area contributed by atoms with E-state index < -0.39 is 29.5 Å². The molecule has 3 atom stereocenters. The summed E-state index contributed by atoms with van der Waals surface area (Å²) in [6.45, 7) is 9.32. The Kier molecular flexibility index (Phi) is 15.9. The number of nitrogens with zero attached hydrogens (tertiary/aromatic N) is 6. The Hall–Kier alpha value is -6.56. The number of amides is 4. The third-order valence-corrected chi connectivity index (χ3v) is 14.8. The summed E-state index contributed by atoms with van der Waals surface area (Å²) in [6.07, 6.45) is 5.73. The molecule has 5 N–H and O–H groups in total. The molecule has 8 rings (SSSR count). The second kappa shape index (κ2) is 22.2. The van der Waals surface area contributed by atoms with Crippen LogP contribution in [0.5, 0.6) is 5.75 Å². The molecule has 5 heterocycles. The summed E-state index contributed by atoms with van der Waals surface area (Å²) >= 11 is 8.15. The van der Waals surface area contributed by atoms with Gasteiger partial charge in [0.05, 0.1) is 51.9 Å². The summed E-state index contributed by atoms with van der Waals surface area (Å²) in [5.41, 5.74) is 8.24. The van der Waals surface area contributed by atoms with Crippen LogP contribution in [0.4, 0.5) is 17.3 Å². The summed E-state index contributed by atoms with van der Waals surface area (Å²) in [5.74, 6) is -0.0358. The first-order valence-electron chi connectivity index (χ1n) is 24.2. The van der Waals surface area contributed by atoms with Crippen molar-refractivity contribution in [3.05, 3.63) is 101 Å². The number of aryl methyl sites for hydroxylation is 1. The van der Waals surface area contributed by atoms with Crippen molar-refractivity contribution in [3.63, 3.8) is 0 Å². The number of nitrogens with one attached hydrogen (secondary N) is 4. The van der Waals surface area contributed by atoms with Crippen LogP contribution >= 0.6 is 22.9 Å². The van der Waals surface area contributed by atoms with Crippen LogP contribution in [-0.4, -0.2) is 116 Å². The minimum Gasteiger partial charge on any atom is -0.494 e. The number of aromatic amines is 1. The largest absolute Gasteiger partial charge is 0.494 e. The van der Waals surface area contributed by atoms with Crippen LogP contribution in [0, 0.1) is 12.3 Å². The molecule has 18 heteroatoms. The quantitative estimate of drug-likeness (QED) is 0.0552. The van der Waals surface area contributed by atoms with Gasteiger partial charge in [-0.15, -0.1) is 11.3 Å². The second-order valence-corrected chi connectivity index (χ2v) is 20.8. The molecule has 2 saturated heterocycles. The minimum atomic E-state index is -0.928. The number of benzene rings is 3. The second-order valence-electron chi connectivity index (χ2n) is 19.5. The number of ether oxygens (including phenoxy) is 1. The highest BCUT2D eigenvalue weighted by atomic mass is 35.5. The van der Waals surface area contributed by atoms with Crippen molar-refractivity contribution in [1.82, 2.24) is 40.4 Å². The van der Waals surface area contributed by atoms with Gasteiger partial charge in [0, 0.05) is 92.9 Å². The highest BCUT2D eigenvalue weighted by Gasteiger charge is 2.44. The number of rotatable bonds is 17. The summed E-state index contributed by atoms with van der Waals surface area (Å²) in [5, 5.41) is 21.3. The van der Waals surface area contributed by atoms with Gasteiger partial charge in [0.15, 0.2) is 0 Å². The number of anilines is 3. The number of carbonyl (C=O) groups is 4. The number of likely N-dealkylation sites (tertiary alicyclic amines) is 1. The molecule has 0 spiro atoms. The predicted molar refractivity (Wildman–Crippen MR) is 279 cm³/mol. The van der Waals surface area contributed by atoms with Crippen LogP contribution in [0.15, 0.2) is 84.6 Å². The van der Waals surface area contributed by atoms with E-state index in [1.807, 2.05) is 118 Å². The van der Waals surface area contributed by atoms with Crippen molar-refractivity contribution in [2.75, 3.05) is 44.0 Å². The number of aromatic nitrogens is 4. The fraction of sp³-hybridized carbons (Fsp3) is 0.415. The van der Waals surface area contributed by atoms with Crippen LogP contribution in [0.25, 0.3) is 32.6 Å². The predicted octanol–water partition coefficient (Wildman–Crippen LogP) is 8.26. The van der Waals surface area contributed by atoms with Crippen molar-refractivity contribution in [3.8, 4) is 27.4 Å². The minimum absolute atomic E-state index is 0.00631. The smallest absolute Gasteiger partial charge is 0.246 e. The van der Waals surface area contributed by atoms with E-state index in [4.69, 9.17) is 21.3 Å². The number of fused-ring (bicyclic) bond motifs is 1. The Morgan fingerprint density at radius 3 is 2.48 bits per heavy atom. The summed E-state index contributed by atoms with van der Waals surface area (Å²) < 4.78 is 5.80. The molecule has 2 aliphatic heterocycles. The number of carbonyl (C=O) groups excluding carboxylic acids is 4. The number of hydrogen-bond donors (Lipinski definition) is 5. The van der Waals surface area contributed by atoms with E-state index in [1.165, 1.54) is 4.90 Å². The number of halogens is 1. The number of aliphatic hydroxyl groups excluding tert-OH is 1. The molecule has 374 valence electrons. The van der Waals surface area contributed by atoms with Crippen LogP contribution in [0.2, 0.25) is 5.02 Å². The van der Waals surface area contributed by atoms with Crippen molar-refractivity contribution in [1.29, 1.82) is 0 Å². The van der Waals surface area contributed by atoms with Gasteiger partial charge in [-0.2, -0.15) is 0 Å². The number of piperidine rings is 1. The van der Waals surface area contributed by atoms with E-state index in [-0.39, 0.29) is 49.7 Å². The number of aliphatic hydroxyl groups is 1. The van der Waals surface area contributed by atoms with E-state index in [0.29, 0.717) is 47.4 Å². The summed E-state index contributed by atoms with van der Waals surface area (Å²) in [4.78, 5) is 77.8. The first kappa shape index (κ1) is 50.8. The maximum atomic E-state index is 14.1. The van der Waals surface area contributed by atoms with Crippen LogP contribution in [-0.2, 0) is 25.7 Å². The fourth-order valence-electron chi connectivity index (χ4n) is 9.45. The Morgan fingerprint density at radius 2 is 1.76 bits per heavy atom. The number of thiazole rings is 1. The molecule has 16 nitrogen and oxygen atoms in total. The van der Waals surface area contributed by atoms with E-state index in [1.54, 1.807) is 24.6 Å². The molecule has 4 amide bonds. The Balaban J connectivity index is 0.776. The SMILES string of the molecule is COc1cc(N2CCC(N(C)C(=O)CCCCC(=O)NC(C(=O)N3C[C@H](O)C[C@H]3C(=O)NCc3ccc(-c4scnc4C)cc3)C(C)(C)C)CC2)ccc1Nc1ncc(Cl)c(-c2c[nH]c3ccccc23)n1. The summed E-state index contributed by atoms with van der Waals surface area (Å²) in [7, 11) is 3.48. The Bertz CT molecular complexity index is 2860. The zero-order valence-corrected chi connectivity index (χ0v) is 42.7. The number of para-hydroxylation sites is 1. The highest BCUT2D eigenvalue weighted by molar-refractivity contribution is 7.13. The maximum absolute atomic E-state index is 14.1. The molecule has 6 aromatic rings. The molecule has 1 unspecified atom stereocenters. The molecular formula is C53H63ClN10O6S. The lowest BCUT2D eigenvalue weighted by atomic mass is 9.85. The Labute approximate surface area is 423 Å². The number of H-pyrrole nitrogens is 1. The molecule has 3 aromatic carbocycles. The van der Waals surface area contributed by atoms with E-state index in [0.717, 1.165) is 69.8 Å². The number of hydrogen-bond acceptors (Lipinski definition) is 12. The number of β-amino-alcohol motifs (C(OH)–C–C–N with tert-alkyl or cyclic N) is 1.